The largest absolute Gasteiger partial charge is 0.497 e. The van der Waals surface area contributed by atoms with Crippen molar-refractivity contribution in [2.45, 2.75) is 13.8 Å². The SMILES string of the molecule is CCOc1ncnc2sc(C(=O)Nc3ccc(OC)cc3)c(C)c12. The Hall–Kier alpha value is -2.67. The lowest BCUT2D eigenvalue weighted by molar-refractivity contribution is 0.103. The molecule has 7 heteroatoms. The average Bonchev–Trinajstić information content (AvgIpc) is 2.94. The number of thiophene rings is 1. The fourth-order valence-electron chi connectivity index (χ4n) is 2.36. The van der Waals surface area contributed by atoms with Crippen LogP contribution in [0, 0.1) is 6.92 Å². The van der Waals surface area contributed by atoms with Gasteiger partial charge in [0.1, 0.15) is 16.9 Å². The number of aryl methyl sites for hydroxylation is 1. The molecule has 124 valence electrons. The lowest BCUT2D eigenvalue weighted by atomic mass is 10.2. The Morgan fingerprint density at radius 2 is 2.00 bits per heavy atom. The summed E-state index contributed by atoms with van der Waals surface area (Å²) in [6.45, 7) is 4.29. The van der Waals surface area contributed by atoms with E-state index in [1.54, 1.807) is 31.4 Å². The van der Waals surface area contributed by atoms with E-state index in [4.69, 9.17) is 9.47 Å². The fraction of sp³-hybridized carbons (Fsp3) is 0.235. The third-order valence-corrected chi connectivity index (χ3v) is 4.73. The Bertz CT molecular complexity index is 875. The summed E-state index contributed by atoms with van der Waals surface area (Å²) in [5.74, 6) is 1.07. The number of anilines is 1. The van der Waals surface area contributed by atoms with Crippen molar-refractivity contribution in [2.24, 2.45) is 0 Å². The molecule has 0 bridgehead atoms. The first-order chi connectivity index (χ1) is 11.6. The van der Waals surface area contributed by atoms with Gasteiger partial charge in [-0.05, 0) is 43.7 Å². The molecule has 0 atom stereocenters. The maximum Gasteiger partial charge on any atom is 0.266 e. The third kappa shape index (κ3) is 3.03. The van der Waals surface area contributed by atoms with Gasteiger partial charge in [-0.3, -0.25) is 4.79 Å². The number of ether oxygens (including phenoxy) is 2. The standard InChI is InChI=1S/C17H17N3O3S/c1-4-23-16-13-10(2)14(24-17(13)19-9-18-16)15(21)20-11-5-7-12(22-3)8-6-11/h5-9H,4H2,1-3H3,(H,20,21). The second-order valence-electron chi connectivity index (χ2n) is 5.03. The van der Waals surface area contributed by atoms with Crippen molar-refractivity contribution in [3.63, 3.8) is 0 Å². The van der Waals surface area contributed by atoms with Crippen LogP contribution in [0.25, 0.3) is 10.2 Å². The highest BCUT2D eigenvalue weighted by molar-refractivity contribution is 7.20. The van der Waals surface area contributed by atoms with Gasteiger partial charge in [0.15, 0.2) is 0 Å². The van der Waals surface area contributed by atoms with Gasteiger partial charge in [-0.15, -0.1) is 11.3 Å². The number of aromatic nitrogens is 2. The molecule has 3 rings (SSSR count). The van der Waals surface area contributed by atoms with Crippen LogP contribution in [-0.2, 0) is 0 Å². The molecule has 1 amide bonds. The van der Waals surface area contributed by atoms with Crippen LogP contribution in [0.5, 0.6) is 11.6 Å². The zero-order valence-corrected chi connectivity index (χ0v) is 14.4. The maximum absolute atomic E-state index is 12.6. The molecule has 2 heterocycles. The van der Waals surface area contributed by atoms with E-state index in [1.165, 1.54) is 17.7 Å². The highest BCUT2D eigenvalue weighted by Crippen LogP contribution is 2.34. The van der Waals surface area contributed by atoms with Crippen LogP contribution in [0.1, 0.15) is 22.2 Å². The molecule has 24 heavy (non-hydrogen) atoms. The quantitative estimate of drug-likeness (QED) is 0.765. The van der Waals surface area contributed by atoms with Crippen LogP contribution in [0.3, 0.4) is 0 Å². The van der Waals surface area contributed by atoms with E-state index in [-0.39, 0.29) is 5.91 Å². The van der Waals surface area contributed by atoms with Gasteiger partial charge >= 0.3 is 0 Å². The first kappa shape index (κ1) is 16.2. The molecule has 6 nitrogen and oxygen atoms in total. The van der Waals surface area contributed by atoms with Crippen LogP contribution in [-0.4, -0.2) is 29.6 Å². The summed E-state index contributed by atoms with van der Waals surface area (Å²) in [4.78, 5) is 22.4. The summed E-state index contributed by atoms with van der Waals surface area (Å²) in [5, 5.41) is 3.69. The molecular formula is C17H17N3O3S. The smallest absolute Gasteiger partial charge is 0.266 e. The first-order valence-electron chi connectivity index (χ1n) is 7.46. The van der Waals surface area contributed by atoms with Gasteiger partial charge in [0.25, 0.3) is 5.91 Å². The van der Waals surface area contributed by atoms with Crippen molar-refractivity contribution in [1.29, 1.82) is 0 Å². The second kappa shape index (κ2) is 6.84. The Kier molecular flexibility index (Phi) is 4.61. The Morgan fingerprint density at radius 3 is 2.67 bits per heavy atom. The summed E-state index contributed by atoms with van der Waals surface area (Å²) in [6, 6.07) is 7.19. The molecule has 1 aromatic carbocycles. The highest BCUT2D eigenvalue weighted by atomic mass is 32.1. The average molecular weight is 343 g/mol. The number of carbonyl (C=O) groups is 1. The van der Waals surface area contributed by atoms with Crippen LogP contribution >= 0.6 is 11.3 Å². The van der Waals surface area contributed by atoms with E-state index in [9.17, 15) is 4.79 Å². The van der Waals surface area contributed by atoms with Gasteiger partial charge in [-0.25, -0.2) is 9.97 Å². The van der Waals surface area contributed by atoms with Gasteiger partial charge < -0.3 is 14.8 Å². The molecule has 0 aliphatic rings. The van der Waals surface area contributed by atoms with Crippen molar-refractivity contribution in [3.05, 3.63) is 41.0 Å². The van der Waals surface area contributed by atoms with E-state index in [0.29, 0.717) is 23.1 Å². The zero-order valence-electron chi connectivity index (χ0n) is 13.6. The Morgan fingerprint density at radius 1 is 1.25 bits per heavy atom. The van der Waals surface area contributed by atoms with E-state index < -0.39 is 0 Å². The molecule has 0 radical (unpaired) electrons. The lowest BCUT2D eigenvalue weighted by Crippen LogP contribution is -2.11. The summed E-state index contributed by atoms with van der Waals surface area (Å²) in [5.41, 5.74) is 1.53. The monoisotopic (exact) mass is 343 g/mol. The van der Waals surface area contributed by atoms with Crippen LogP contribution in [0.2, 0.25) is 0 Å². The normalized spacial score (nSPS) is 10.6. The van der Waals surface area contributed by atoms with Crippen molar-refractivity contribution >= 4 is 33.1 Å². The molecule has 0 unspecified atom stereocenters. The van der Waals surface area contributed by atoms with Crippen LogP contribution in [0.4, 0.5) is 5.69 Å². The van der Waals surface area contributed by atoms with Gasteiger partial charge in [-0.1, -0.05) is 0 Å². The number of nitrogens with one attached hydrogen (secondary N) is 1. The summed E-state index contributed by atoms with van der Waals surface area (Å²) in [6.07, 6.45) is 1.45. The third-order valence-electron chi connectivity index (χ3n) is 3.53. The van der Waals surface area contributed by atoms with Gasteiger partial charge in [0.2, 0.25) is 5.88 Å². The van der Waals surface area contributed by atoms with E-state index >= 15 is 0 Å². The molecule has 3 aromatic rings. The van der Waals surface area contributed by atoms with Crippen LogP contribution in [0.15, 0.2) is 30.6 Å². The molecule has 2 aromatic heterocycles. The van der Waals surface area contributed by atoms with Gasteiger partial charge in [0.05, 0.1) is 24.0 Å². The van der Waals surface area contributed by atoms with Gasteiger partial charge in [0, 0.05) is 5.69 Å². The number of hydrogen-bond acceptors (Lipinski definition) is 6. The van der Waals surface area contributed by atoms with Gasteiger partial charge in [-0.2, -0.15) is 0 Å². The van der Waals surface area contributed by atoms with E-state index in [2.05, 4.69) is 15.3 Å². The minimum atomic E-state index is -0.178. The number of nitrogens with zero attached hydrogens (tertiary/aromatic N) is 2. The van der Waals surface area contributed by atoms with E-state index in [0.717, 1.165) is 21.5 Å². The topological polar surface area (TPSA) is 73.3 Å². The Labute approximate surface area is 143 Å². The Balaban J connectivity index is 1.92. The summed E-state index contributed by atoms with van der Waals surface area (Å²) >= 11 is 1.33. The highest BCUT2D eigenvalue weighted by Gasteiger charge is 2.20. The number of carbonyl (C=O) groups excluding carboxylic acids is 1. The molecule has 1 N–H and O–H groups in total. The number of benzene rings is 1. The van der Waals surface area contributed by atoms with Crippen molar-refractivity contribution < 1.29 is 14.3 Å². The van der Waals surface area contributed by atoms with Crippen molar-refractivity contribution in [1.82, 2.24) is 9.97 Å². The molecule has 0 saturated carbocycles. The zero-order chi connectivity index (χ0) is 17.1. The number of methoxy groups -OCH3 is 1. The minimum absolute atomic E-state index is 0.178. The molecular weight excluding hydrogens is 326 g/mol. The van der Waals surface area contributed by atoms with Crippen LogP contribution < -0.4 is 14.8 Å². The van der Waals surface area contributed by atoms with Crippen molar-refractivity contribution in [2.75, 3.05) is 19.0 Å². The number of rotatable bonds is 5. The number of hydrogen-bond donors (Lipinski definition) is 1. The molecule has 0 saturated heterocycles. The maximum atomic E-state index is 12.6. The number of amides is 1. The van der Waals surface area contributed by atoms with E-state index in [1.807, 2.05) is 13.8 Å². The number of fused-ring (bicyclic) bond motifs is 1. The summed E-state index contributed by atoms with van der Waals surface area (Å²) < 4.78 is 10.7. The molecule has 0 spiro atoms. The summed E-state index contributed by atoms with van der Waals surface area (Å²) in [7, 11) is 1.60. The molecule has 0 fully saturated rings. The predicted molar refractivity (Wildman–Crippen MR) is 94.3 cm³/mol. The molecule has 0 aliphatic carbocycles. The lowest BCUT2D eigenvalue weighted by Gasteiger charge is -2.06. The minimum Gasteiger partial charge on any atom is -0.497 e. The fourth-order valence-corrected chi connectivity index (χ4v) is 3.40. The van der Waals surface area contributed by atoms with Crippen molar-refractivity contribution in [3.8, 4) is 11.6 Å². The second-order valence-corrected chi connectivity index (χ2v) is 6.03. The predicted octanol–water partition coefficient (Wildman–Crippen LogP) is 3.66. The first-order valence-corrected chi connectivity index (χ1v) is 8.28. The molecule has 0 aliphatic heterocycles.